The van der Waals surface area contributed by atoms with E-state index in [-0.39, 0.29) is 0 Å². The molecule has 0 bridgehead atoms. The van der Waals surface area contributed by atoms with Gasteiger partial charge in [-0.15, -0.1) is 23.7 Å². The third kappa shape index (κ3) is 38.0. The topological polar surface area (TPSA) is 25.3 Å². The standard InChI is InChI=1S/C72H116N2.2C8H9.Pd/c1-5-9-13-16-18-20-22-24-26-28-30-32-34-36-38-40-42-44-46-48-50-57-65-59-53-55-62-67(65)71-69(61-12-8-4)70(64-52-15-11-7-3)72(74(71)73)68-63-56-54-60-66(68)58-51-49-47-45-43-41-39-37-35-33-31-29-27-25-23-21-19-17-14-10-6-2;2*1-2-8-6-4-3-5-7-8;/h53-56,59-60,62-63H,5-45,50-52,57-58,61,64H2,1-4H3;2*3-7H,1-2H2;. The predicted molar refractivity (Wildman–Crippen MR) is 398 cm³/mol. The predicted octanol–water partition coefficient (Wildman–Crippen LogP) is 28.4. The molecule has 5 rings (SSSR count). The molecule has 0 spiro atoms. The van der Waals surface area contributed by atoms with E-state index < -0.39 is 0 Å². The number of aryl methyl sites for hydroxylation is 4. The Kier molecular flexibility index (Phi) is 49.8. The van der Waals surface area contributed by atoms with Crippen molar-refractivity contribution in [1.29, 1.82) is 0 Å². The van der Waals surface area contributed by atoms with Crippen molar-refractivity contribution in [3.05, 3.63) is 159 Å². The van der Waals surface area contributed by atoms with Crippen LogP contribution in [0.15, 0.2) is 120 Å². The number of nitrogens with zero attached hydrogens (tertiary/aromatic N) is 2. The number of hydrogen-bond acceptors (Lipinski definition) is 0. The van der Waals surface area contributed by atoms with Crippen LogP contribution in [0.4, 0.5) is 0 Å². The third-order valence-electron chi connectivity index (χ3n) is 18.7. The van der Waals surface area contributed by atoms with Crippen molar-refractivity contribution in [2.75, 3.05) is 0 Å². The molecule has 0 amide bonds. The van der Waals surface area contributed by atoms with Gasteiger partial charge in [-0.1, -0.05) is 295 Å². The Morgan fingerprint density at radius 3 is 0.890 bits per heavy atom. The average molecular weight is 1330 g/mol. The monoisotopic (exact) mass is 1320 g/mol. The van der Waals surface area contributed by atoms with Crippen LogP contribution in [-0.2, 0) is 43.7 Å². The Balaban J connectivity index is 0.000000886. The van der Waals surface area contributed by atoms with Gasteiger partial charge in [0.05, 0.1) is 0 Å². The van der Waals surface area contributed by atoms with Gasteiger partial charge in [0.15, 0.2) is 0 Å². The Morgan fingerprint density at radius 1 is 0.275 bits per heavy atom. The van der Waals surface area contributed by atoms with E-state index in [1.54, 1.807) is 4.70 Å². The third-order valence-corrected chi connectivity index (χ3v) is 20.6. The maximum atomic E-state index is 12.6. The molecule has 1 aliphatic heterocycles. The van der Waals surface area contributed by atoms with E-state index in [1.165, 1.54) is 305 Å². The van der Waals surface area contributed by atoms with Crippen LogP contribution >= 0.6 is 0 Å². The van der Waals surface area contributed by atoms with Gasteiger partial charge in [0.1, 0.15) is 0 Å². The van der Waals surface area contributed by atoms with Crippen LogP contribution in [-0.4, -0.2) is 4.70 Å². The first kappa shape index (κ1) is 79.2. The van der Waals surface area contributed by atoms with E-state index in [9.17, 15) is 5.53 Å². The van der Waals surface area contributed by atoms with Crippen LogP contribution in [0.25, 0.3) is 16.9 Å². The second-order valence-electron chi connectivity index (χ2n) is 26.7. The van der Waals surface area contributed by atoms with E-state index in [1.807, 2.05) is 0 Å². The van der Waals surface area contributed by atoms with Crippen LogP contribution in [0.5, 0.6) is 0 Å². The van der Waals surface area contributed by atoms with Gasteiger partial charge >= 0.3 is 112 Å². The Morgan fingerprint density at radius 2 is 0.549 bits per heavy atom. The molecular formula is C88H134N2Pd. The van der Waals surface area contributed by atoms with Gasteiger partial charge in [0.25, 0.3) is 0 Å². The molecule has 1 heterocycles. The van der Waals surface area contributed by atoms with Crippen LogP contribution in [0, 0.1) is 23.7 Å². The number of benzene rings is 4. The molecule has 1 aliphatic rings. The Labute approximate surface area is 571 Å². The van der Waals surface area contributed by atoms with Gasteiger partial charge < -0.3 is 5.53 Å². The van der Waals surface area contributed by atoms with E-state index in [2.05, 4.69) is 161 Å². The summed E-state index contributed by atoms with van der Waals surface area (Å²) < 4.78 is 1.62. The first-order chi connectivity index (χ1) is 45.1. The maximum absolute atomic E-state index is 12.6. The fraction of sp³-hybridized carbons (Fsp3) is 0.636. The summed E-state index contributed by atoms with van der Waals surface area (Å²) in [6, 6.07) is 39.3. The van der Waals surface area contributed by atoms with Crippen LogP contribution in [0.3, 0.4) is 0 Å². The summed E-state index contributed by atoms with van der Waals surface area (Å²) in [5.74, 6) is 14.2. The van der Waals surface area contributed by atoms with Crippen LogP contribution in [0.1, 0.15) is 356 Å². The summed E-state index contributed by atoms with van der Waals surface area (Å²) in [5, 5.41) is 0. The first-order valence-corrected chi connectivity index (χ1v) is 40.9. The van der Waals surface area contributed by atoms with E-state index in [4.69, 9.17) is 0 Å². The fourth-order valence-corrected chi connectivity index (χ4v) is 14.9. The average Bonchev–Trinajstić information content (AvgIpc) is 1.62. The summed E-state index contributed by atoms with van der Waals surface area (Å²) in [6.07, 6.45) is 64.9. The van der Waals surface area contributed by atoms with Crippen molar-refractivity contribution in [2.45, 2.75) is 359 Å². The molecule has 0 aromatic heterocycles. The summed E-state index contributed by atoms with van der Waals surface area (Å²) in [7, 11) is 0. The van der Waals surface area contributed by atoms with E-state index in [0.717, 1.165) is 100 Å². The zero-order chi connectivity index (χ0) is 64.4. The molecule has 0 fully saturated rings. The van der Waals surface area contributed by atoms with Crippen molar-refractivity contribution < 1.29 is 22.7 Å². The second kappa shape index (κ2) is 57.2. The molecule has 506 valence electrons. The summed E-state index contributed by atoms with van der Waals surface area (Å²) in [5.41, 5.74) is 25.2. The van der Waals surface area contributed by atoms with Crippen molar-refractivity contribution >= 4 is 11.4 Å². The normalized spacial score (nSPS) is 12.1. The molecule has 4 aromatic carbocycles. The van der Waals surface area contributed by atoms with Gasteiger partial charge in [-0.3, -0.25) is 0 Å². The molecule has 2 nitrogen and oxygen atoms in total. The SMILES string of the molecule is CCCCCCCCCCCCCCCCCCCC#CCCc1ccccc1C1=C(CCCC)C(CCCCCC)=C(c2ccccc2CCC#CCCCCCCCCCCCCCCCCCCC)[N+]1=[N-].c1ccc(C[CH2][Pd][CH2]Cc2ccccc2)cc1. The molecule has 0 aliphatic carbocycles. The molecule has 4 aromatic rings. The van der Waals surface area contributed by atoms with Crippen LogP contribution < -0.4 is 0 Å². The zero-order valence-corrected chi connectivity index (χ0v) is 60.9. The summed E-state index contributed by atoms with van der Waals surface area (Å²) in [6.45, 7) is 9.20. The molecule has 0 radical (unpaired) electrons. The van der Waals surface area contributed by atoms with Gasteiger partial charge in [-0.25, -0.2) is 4.70 Å². The molecule has 0 atom stereocenters. The molecule has 3 heteroatoms. The molecule has 0 saturated carbocycles. The Hall–Kier alpha value is -4.26. The van der Waals surface area contributed by atoms with Gasteiger partial charge in [0.2, 0.25) is 11.4 Å². The summed E-state index contributed by atoms with van der Waals surface area (Å²) >= 11 is 0.891. The molecule has 0 unspecified atom stereocenters. The number of hydrogen-bond donors (Lipinski definition) is 0. The summed E-state index contributed by atoms with van der Waals surface area (Å²) in [4.78, 5) is 2.70. The first-order valence-electron chi connectivity index (χ1n) is 38.7. The van der Waals surface area contributed by atoms with Crippen molar-refractivity contribution in [3.63, 3.8) is 0 Å². The van der Waals surface area contributed by atoms with Crippen molar-refractivity contribution in [2.24, 2.45) is 0 Å². The minimum absolute atomic E-state index is 0.854. The van der Waals surface area contributed by atoms with E-state index >= 15 is 0 Å². The number of unbranched alkanes of at least 4 members (excludes halogenated alkanes) is 38. The Bertz CT molecular complexity index is 2540. The van der Waals surface area contributed by atoms with Gasteiger partial charge in [-0.2, -0.15) is 0 Å². The minimum atomic E-state index is 0.854. The fourth-order valence-electron chi connectivity index (χ4n) is 13.1. The number of allylic oxidation sites excluding steroid dienone is 2. The zero-order valence-electron chi connectivity index (χ0n) is 59.4. The van der Waals surface area contributed by atoms with Crippen molar-refractivity contribution in [1.82, 2.24) is 0 Å². The molecule has 0 saturated heterocycles. The number of rotatable bonds is 54. The van der Waals surface area contributed by atoms with Crippen molar-refractivity contribution in [3.8, 4) is 23.7 Å². The second-order valence-corrected chi connectivity index (χ2v) is 29.0. The molecular weight excluding hydrogens is 1190 g/mol. The molecule has 0 N–H and O–H groups in total. The van der Waals surface area contributed by atoms with Crippen LogP contribution in [0.2, 0.25) is 9.79 Å². The quantitative estimate of drug-likeness (QED) is 0.0182. The van der Waals surface area contributed by atoms with Gasteiger partial charge in [0, 0.05) is 48.0 Å². The molecule has 91 heavy (non-hydrogen) atoms. The van der Waals surface area contributed by atoms with E-state index in [0.29, 0.717) is 0 Å². The van der Waals surface area contributed by atoms with Gasteiger partial charge in [-0.05, 0) is 74.6 Å².